The van der Waals surface area contributed by atoms with E-state index in [0.717, 1.165) is 0 Å². The van der Waals surface area contributed by atoms with Gasteiger partial charge in [-0.2, -0.15) is 0 Å². The molecule has 0 aliphatic carbocycles. The normalized spacial score (nSPS) is 10.4. The fourth-order valence-electron chi connectivity index (χ4n) is 2.59. The summed E-state index contributed by atoms with van der Waals surface area (Å²) in [6.07, 6.45) is 0. The lowest BCUT2D eigenvalue weighted by atomic mass is 10.1. The van der Waals surface area contributed by atoms with E-state index in [1.165, 1.54) is 49.6 Å². The van der Waals surface area contributed by atoms with Crippen LogP contribution in [0.2, 0.25) is 5.02 Å². The molecule has 0 bridgehead atoms. The number of anilines is 1. The maximum atomic E-state index is 12.5. The SMILES string of the molecule is COc1c(Cl)cc(C(=O)O)cc1NC(=O)c1ccc(-c2cccc([N+](=O)[O-])c2)o1. The van der Waals surface area contributed by atoms with E-state index in [-0.39, 0.29) is 39.2 Å². The Hall–Kier alpha value is -3.85. The van der Waals surface area contributed by atoms with Crippen LogP contribution in [-0.4, -0.2) is 29.0 Å². The molecule has 1 amide bonds. The molecule has 0 unspecified atom stereocenters. The fraction of sp³-hybridized carbons (Fsp3) is 0.0526. The number of methoxy groups -OCH3 is 1. The summed E-state index contributed by atoms with van der Waals surface area (Å²) in [6.45, 7) is 0. The number of carboxylic acid groups (broad SMARTS) is 1. The van der Waals surface area contributed by atoms with Gasteiger partial charge in [-0.05, 0) is 24.3 Å². The molecule has 2 N–H and O–H groups in total. The third kappa shape index (κ3) is 4.19. The van der Waals surface area contributed by atoms with Crippen LogP contribution in [0, 0.1) is 10.1 Å². The summed E-state index contributed by atoms with van der Waals surface area (Å²) in [5.74, 6) is -1.65. The van der Waals surface area contributed by atoms with Crippen LogP contribution in [0.1, 0.15) is 20.9 Å². The Balaban J connectivity index is 1.89. The summed E-state index contributed by atoms with van der Waals surface area (Å²) < 4.78 is 10.6. The molecule has 0 spiro atoms. The van der Waals surface area contributed by atoms with Crippen molar-refractivity contribution in [3.8, 4) is 17.1 Å². The van der Waals surface area contributed by atoms with Gasteiger partial charge in [-0.3, -0.25) is 14.9 Å². The topological polar surface area (TPSA) is 132 Å². The number of hydrogen-bond acceptors (Lipinski definition) is 6. The number of nitrogens with one attached hydrogen (secondary N) is 1. The highest BCUT2D eigenvalue weighted by molar-refractivity contribution is 6.33. The van der Waals surface area contributed by atoms with Crippen molar-refractivity contribution in [3.63, 3.8) is 0 Å². The molecule has 9 nitrogen and oxygen atoms in total. The fourth-order valence-corrected chi connectivity index (χ4v) is 2.89. The minimum absolute atomic E-state index is 0.0134. The maximum absolute atomic E-state index is 12.5. The van der Waals surface area contributed by atoms with Crippen molar-refractivity contribution < 1.29 is 28.8 Å². The number of hydrogen-bond donors (Lipinski definition) is 2. The zero-order valence-corrected chi connectivity index (χ0v) is 15.6. The number of aromatic carboxylic acids is 1. The lowest BCUT2D eigenvalue weighted by Gasteiger charge is -2.12. The molecule has 0 atom stereocenters. The van der Waals surface area contributed by atoms with Gasteiger partial charge in [0, 0.05) is 17.7 Å². The van der Waals surface area contributed by atoms with Gasteiger partial charge in [-0.15, -0.1) is 0 Å². The smallest absolute Gasteiger partial charge is 0.335 e. The third-order valence-electron chi connectivity index (χ3n) is 3.91. The number of carbonyl (C=O) groups is 2. The Morgan fingerprint density at radius 2 is 1.97 bits per heavy atom. The highest BCUT2D eigenvalue weighted by atomic mass is 35.5. The average Bonchev–Trinajstić information content (AvgIpc) is 3.18. The van der Waals surface area contributed by atoms with Gasteiger partial charge in [0.2, 0.25) is 0 Å². The zero-order valence-electron chi connectivity index (χ0n) is 14.8. The molecule has 0 aliphatic heterocycles. The number of nitro groups is 1. The number of benzene rings is 2. The Labute approximate surface area is 168 Å². The number of halogens is 1. The molecule has 0 aliphatic rings. The van der Waals surface area contributed by atoms with Gasteiger partial charge in [-0.25, -0.2) is 4.79 Å². The average molecular weight is 417 g/mol. The molecule has 29 heavy (non-hydrogen) atoms. The molecule has 0 radical (unpaired) electrons. The van der Waals surface area contributed by atoms with E-state index in [4.69, 9.17) is 25.9 Å². The number of nitrogens with zero attached hydrogens (tertiary/aromatic N) is 1. The molecule has 0 saturated carbocycles. The molecular weight excluding hydrogens is 404 g/mol. The predicted molar refractivity (Wildman–Crippen MR) is 104 cm³/mol. The number of carbonyl (C=O) groups excluding carboxylic acids is 1. The molecule has 3 rings (SSSR count). The summed E-state index contributed by atoms with van der Waals surface area (Å²) in [5.41, 5.74) is 0.222. The highest BCUT2D eigenvalue weighted by Gasteiger charge is 2.19. The van der Waals surface area contributed by atoms with Crippen LogP contribution in [0.25, 0.3) is 11.3 Å². The van der Waals surface area contributed by atoms with Crippen molar-refractivity contribution >= 4 is 34.9 Å². The zero-order chi connectivity index (χ0) is 21.1. The van der Waals surface area contributed by atoms with Gasteiger partial charge in [0.1, 0.15) is 5.76 Å². The molecule has 1 heterocycles. The summed E-state index contributed by atoms with van der Waals surface area (Å²) >= 11 is 6.01. The van der Waals surface area contributed by atoms with E-state index in [1.807, 2.05) is 0 Å². The van der Waals surface area contributed by atoms with Crippen LogP contribution in [0.4, 0.5) is 11.4 Å². The lowest BCUT2D eigenvalue weighted by Crippen LogP contribution is -2.13. The second kappa shape index (κ2) is 8.03. The number of amides is 1. The van der Waals surface area contributed by atoms with E-state index in [9.17, 15) is 19.7 Å². The van der Waals surface area contributed by atoms with Crippen molar-refractivity contribution in [2.45, 2.75) is 0 Å². The Bertz CT molecular complexity index is 1120. The van der Waals surface area contributed by atoms with Gasteiger partial charge in [0.15, 0.2) is 11.5 Å². The Morgan fingerprint density at radius 3 is 2.62 bits per heavy atom. The largest absolute Gasteiger partial charge is 0.493 e. The third-order valence-corrected chi connectivity index (χ3v) is 4.19. The first-order valence-electron chi connectivity index (χ1n) is 8.07. The van der Waals surface area contributed by atoms with Gasteiger partial charge < -0.3 is 19.6 Å². The van der Waals surface area contributed by atoms with Crippen LogP contribution in [0.15, 0.2) is 52.9 Å². The number of rotatable bonds is 6. The molecule has 2 aromatic carbocycles. The minimum atomic E-state index is -1.23. The van der Waals surface area contributed by atoms with Crippen molar-refractivity contribution in [3.05, 3.63) is 75.0 Å². The molecule has 10 heteroatoms. The Kier molecular flexibility index (Phi) is 5.51. The second-order valence-corrected chi connectivity index (χ2v) is 6.18. The molecule has 0 fully saturated rings. The number of furan rings is 1. The van der Waals surface area contributed by atoms with Gasteiger partial charge >= 0.3 is 5.97 Å². The molecule has 1 aromatic heterocycles. The molecule has 3 aromatic rings. The van der Waals surface area contributed by atoms with Gasteiger partial charge in [-0.1, -0.05) is 23.7 Å². The first-order chi connectivity index (χ1) is 13.8. The van der Waals surface area contributed by atoms with Gasteiger partial charge in [0.25, 0.3) is 11.6 Å². The summed E-state index contributed by atoms with van der Waals surface area (Å²) in [6, 6.07) is 11.0. The number of carboxylic acids is 1. The number of non-ortho nitro benzene ring substituents is 1. The highest BCUT2D eigenvalue weighted by Crippen LogP contribution is 2.35. The van der Waals surface area contributed by atoms with E-state index in [2.05, 4.69) is 5.32 Å². The summed E-state index contributed by atoms with van der Waals surface area (Å²) in [7, 11) is 1.32. The molecular formula is C19H13ClN2O7. The van der Waals surface area contributed by atoms with Gasteiger partial charge in [0.05, 0.1) is 28.3 Å². The summed E-state index contributed by atoms with van der Waals surface area (Å²) in [5, 5.41) is 22.6. The minimum Gasteiger partial charge on any atom is -0.493 e. The Morgan fingerprint density at radius 1 is 1.21 bits per heavy atom. The van der Waals surface area contributed by atoms with E-state index >= 15 is 0 Å². The van der Waals surface area contributed by atoms with Crippen LogP contribution in [0.3, 0.4) is 0 Å². The first-order valence-corrected chi connectivity index (χ1v) is 8.44. The predicted octanol–water partition coefficient (Wildman–Crippen LogP) is 4.47. The quantitative estimate of drug-likeness (QED) is 0.447. The number of ether oxygens (including phenoxy) is 1. The molecule has 148 valence electrons. The standard InChI is InChI=1S/C19H13ClN2O7/c1-28-17-13(20)8-11(19(24)25)9-14(17)21-18(23)16-6-5-15(29-16)10-3-2-4-12(7-10)22(26)27/h2-9H,1H3,(H,21,23)(H,24,25). The van der Waals surface area contributed by atoms with Crippen LogP contribution < -0.4 is 10.1 Å². The number of nitro benzene ring substituents is 1. The van der Waals surface area contributed by atoms with E-state index in [1.54, 1.807) is 6.07 Å². The van der Waals surface area contributed by atoms with Crippen LogP contribution in [0.5, 0.6) is 5.75 Å². The van der Waals surface area contributed by atoms with Crippen LogP contribution in [-0.2, 0) is 0 Å². The monoisotopic (exact) mass is 416 g/mol. The summed E-state index contributed by atoms with van der Waals surface area (Å²) in [4.78, 5) is 34.1. The van der Waals surface area contributed by atoms with Crippen LogP contribution >= 0.6 is 11.6 Å². The van der Waals surface area contributed by atoms with Crippen molar-refractivity contribution in [1.82, 2.24) is 0 Å². The van der Waals surface area contributed by atoms with Crippen molar-refractivity contribution in [2.75, 3.05) is 12.4 Å². The first kappa shape index (κ1) is 19.9. The van der Waals surface area contributed by atoms with Crippen molar-refractivity contribution in [2.24, 2.45) is 0 Å². The van der Waals surface area contributed by atoms with E-state index < -0.39 is 16.8 Å². The van der Waals surface area contributed by atoms with Crippen molar-refractivity contribution in [1.29, 1.82) is 0 Å². The maximum Gasteiger partial charge on any atom is 0.335 e. The second-order valence-electron chi connectivity index (χ2n) is 5.77. The molecule has 0 saturated heterocycles. The van der Waals surface area contributed by atoms with E-state index in [0.29, 0.717) is 5.56 Å². The lowest BCUT2D eigenvalue weighted by molar-refractivity contribution is -0.384.